The maximum atomic E-state index is 4.25. The van der Waals surface area contributed by atoms with E-state index in [1.54, 1.807) is 0 Å². The molecular formula is C5H14ClNS. The number of halogens is 1. The summed E-state index contributed by atoms with van der Waals surface area (Å²) in [6, 6.07) is 0. The first-order chi connectivity index (χ1) is 3.18. The largest absolute Gasteiger partial charge is 0.298 e. The lowest BCUT2D eigenvalue weighted by Crippen LogP contribution is -2.20. The van der Waals surface area contributed by atoms with Crippen molar-refractivity contribution in [3.8, 4) is 0 Å². The molecular weight excluding hydrogens is 142 g/mol. The molecule has 8 heavy (non-hydrogen) atoms. The average molecular weight is 156 g/mol. The van der Waals surface area contributed by atoms with Crippen LogP contribution in [0.3, 0.4) is 0 Å². The molecule has 0 heterocycles. The van der Waals surface area contributed by atoms with E-state index in [1.165, 1.54) is 0 Å². The van der Waals surface area contributed by atoms with Crippen molar-refractivity contribution in [1.82, 2.24) is 4.90 Å². The predicted molar refractivity (Wildman–Crippen MR) is 44.0 cm³/mol. The minimum Gasteiger partial charge on any atom is -0.298 e. The Hall–Kier alpha value is 0.600. The van der Waals surface area contributed by atoms with Crippen molar-refractivity contribution in [2.45, 2.75) is 18.7 Å². The summed E-state index contributed by atoms with van der Waals surface area (Å²) < 4.78 is 0. The van der Waals surface area contributed by atoms with Gasteiger partial charge in [-0.2, -0.15) is 12.6 Å². The van der Waals surface area contributed by atoms with Crippen molar-refractivity contribution in [3.63, 3.8) is 0 Å². The Bertz CT molecular complexity index is 49.7. The van der Waals surface area contributed by atoms with Crippen LogP contribution in [0.15, 0.2) is 0 Å². The van der Waals surface area contributed by atoms with E-state index in [1.807, 2.05) is 14.1 Å². The van der Waals surface area contributed by atoms with Crippen LogP contribution in [0, 0.1) is 0 Å². The summed E-state index contributed by atoms with van der Waals surface area (Å²) in [5, 5.41) is 0.431. The van der Waals surface area contributed by atoms with E-state index in [0.717, 1.165) is 6.42 Å². The summed E-state index contributed by atoms with van der Waals surface area (Å²) >= 11 is 4.25. The van der Waals surface area contributed by atoms with Gasteiger partial charge < -0.3 is 0 Å². The molecule has 3 heteroatoms. The molecule has 0 rings (SSSR count). The zero-order chi connectivity index (χ0) is 5.86. The highest BCUT2D eigenvalue weighted by Gasteiger charge is 1.98. The van der Waals surface area contributed by atoms with Crippen LogP contribution in [0.5, 0.6) is 0 Å². The lowest BCUT2D eigenvalue weighted by molar-refractivity contribution is 0.378. The quantitative estimate of drug-likeness (QED) is 0.469. The van der Waals surface area contributed by atoms with Crippen molar-refractivity contribution >= 4 is 25.0 Å². The number of thiol groups is 1. The summed E-state index contributed by atoms with van der Waals surface area (Å²) in [7, 11) is 4.06. The second-order valence-electron chi connectivity index (χ2n) is 1.85. The third kappa shape index (κ3) is 4.75. The molecule has 1 nitrogen and oxygen atoms in total. The molecule has 0 spiro atoms. The highest BCUT2D eigenvalue weighted by molar-refractivity contribution is 7.80. The minimum atomic E-state index is 0. The van der Waals surface area contributed by atoms with Gasteiger partial charge in [0, 0.05) is 0 Å². The summed E-state index contributed by atoms with van der Waals surface area (Å²) in [5.74, 6) is 0. The molecule has 0 aliphatic heterocycles. The van der Waals surface area contributed by atoms with Gasteiger partial charge in [0.1, 0.15) is 0 Å². The standard InChI is InChI=1S/C5H13NS.ClH/c1-4-5(7)6(2)3;/h5,7H,4H2,1-3H3;1H. The van der Waals surface area contributed by atoms with Crippen LogP contribution < -0.4 is 0 Å². The number of hydrogen-bond donors (Lipinski definition) is 1. The smallest absolute Gasteiger partial charge is 0.0519 e. The van der Waals surface area contributed by atoms with Crippen molar-refractivity contribution in [2.24, 2.45) is 0 Å². The highest BCUT2D eigenvalue weighted by atomic mass is 35.5. The fourth-order valence-corrected chi connectivity index (χ4v) is 0.365. The monoisotopic (exact) mass is 155 g/mol. The fourth-order valence-electron chi connectivity index (χ4n) is 0.365. The van der Waals surface area contributed by atoms with Crippen LogP contribution >= 0.6 is 25.0 Å². The Labute approximate surface area is 63.3 Å². The molecule has 0 aromatic heterocycles. The van der Waals surface area contributed by atoms with Gasteiger partial charge in [-0.1, -0.05) is 6.92 Å². The molecule has 1 atom stereocenters. The van der Waals surface area contributed by atoms with Gasteiger partial charge in [0.15, 0.2) is 0 Å². The Kier molecular flexibility index (Phi) is 8.17. The van der Waals surface area contributed by atoms with Gasteiger partial charge >= 0.3 is 0 Å². The number of hydrogen-bond acceptors (Lipinski definition) is 2. The predicted octanol–water partition coefficient (Wildman–Crippen LogP) is 1.64. The van der Waals surface area contributed by atoms with Gasteiger partial charge in [0.25, 0.3) is 0 Å². The first-order valence-corrected chi connectivity index (χ1v) is 3.04. The summed E-state index contributed by atoms with van der Waals surface area (Å²) in [6.45, 7) is 2.12. The van der Waals surface area contributed by atoms with Gasteiger partial charge in [0.2, 0.25) is 0 Å². The molecule has 0 aromatic carbocycles. The number of rotatable bonds is 2. The minimum absolute atomic E-state index is 0. The van der Waals surface area contributed by atoms with Gasteiger partial charge in [0.05, 0.1) is 5.37 Å². The zero-order valence-corrected chi connectivity index (χ0v) is 7.30. The van der Waals surface area contributed by atoms with E-state index in [2.05, 4.69) is 24.5 Å². The average Bonchev–Trinajstić information content (AvgIpc) is 1.65. The van der Waals surface area contributed by atoms with Crippen LogP contribution in [0.2, 0.25) is 0 Å². The molecule has 0 saturated carbocycles. The molecule has 0 aliphatic carbocycles. The normalized spacial score (nSPS) is 13.1. The third-order valence-corrected chi connectivity index (χ3v) is 1.79. The van der Waals surface area contributed by atoms with Crippen molar-refractivity contribution in [3.05, 3.63) is 0 Å². The SMILES string of the molecule is CCC(S)N(C)C.Cl. The fraction of sp³-hybridized carbons (Fsp3) is 1.00. The van der Waals surface area contributed by atoms with Crippen molar-refractivity contribution in [2.75, 3.05) is 14.1 Å². The highest BCUT2D eigenvalue weighted by Crippen LogP contribution is 2.00. The van der Waals surface area contributed by atoms with Crippen LogP contribution in [-0.2, 0) is 0 Å². The second kappa shape index (κ2) is 5.73. The molecule has 52 valence electrons. The van der Waals surface area contributed by atoms with E-state index in [4.69, 9.17) is 0 Å². The lowest BCUT2D eigenvalue weighted by Gasteiger charge is -2.15. The molecule has 0 radical (unpaired) electrons. The molecule has 0 aromatic rings. The Balaban J connectivity index is 0. The van der Waals surface area contributed by atoms with Crippen LogP contribution in [0.25, 0.3) is 0 Å². The molecule has 0 fully saturated rings. The summed E-state index contributed by atoms with van der Waals surface area (Å²) in [4.78, 5) is 2.09. The van der Waals surface area contributed by atoms with E-state index in [0.29, 0.717) is 5.37 Å². The molecule has 0 saturated heterocycles. The molecule has 0 N–H and O–H groups in total. The first kappa shape index (κ1) is 11.4. The Morgan fingerprint density at radius 2 is 1.88 bits per heavy atom. The third-order valence-electron chi connectivity index (χ3n) is 0.961. The van der Waals surface area contributed by atoms with E-state index < -0.39 is 0 Å². The van der Waals surface area contributed by atoms with Gasteiger partial charge in [-0.05, 0) is 20.5 Å². The van der Waals surface area contributed by atoms with Crippen molar-refractivity contribution in [1.29, 1.82) is 0 Å². The van der Waals surface area contributed by atoms with E-state index >= 15 is 0 Å². The summed E-state index contributed by atoms with van der Waals surface area (Å²) in [6.07, 6.45) is 1.11. The first-order valence-electron chi connectivity index (χ1n) is 2.53. The van der Waals surface area contributed by atoms with Gasteiger partial charge in [-0.3, -0.25) is 4.90 Å². The Morgan fingerprint density at radius 3 is 1.88 bits per heavy atom. The number of nitrogens with zero attached hydrogens (tertiary/aromatic N) is 1. The van der Waals surface area contributed by atoms with Crippen LogP contribution in [0.4, 0.5) is 0 Å². The molecule has 0 amide bonds. The zero-order valence-electron chi connectivity index (χ0n) is 5.59. The summed E-state index contributed by atoms with van der Waals surface area (Å²) in [5.41, 5.74) is 0. The van der Waals surface area contributed by atoms with E-state index in [9.17, 15) is 0 Å². The maximum absolute atomic E-state index is 4.25. The van der Waals surface area contributed by atoms with Crippen LogP contribution in [0.1, 0.15) is 13.3 Å². The second-order valence-corrected chi connectivity index (χ2v) is 2.45. The van der Waals surface area contributed by atoms with Gasteiger partial charge in [-0.15, -0.1) is 12.4 Å². The Morgan fingerprint density at radius 1 is 1.50 bits per heavy atom. The maximum Gasteiger partial charge on any atom is 0.0519 e. The molecule has 0 aliphatic rings. The van der Waals surface area contributed by atoms with Crippen LogP contribution in [-0.4, -0.2) is 24.4 Å². The lowest BCUT2D eigenvalue weighted by atomic mass is 10.4. The molecule has 0 bridgehead atoms. The topological polar surface area (TPSA) is 3.24 Å². The van der Waals surface area contributed by atoms with E-state index in [-0.39, 0.29) is 12.4 Å². The van der Waals surface area contributed by atoms with Crippen molar-refractivity contribution < 1.29 is 0 Å². The van der Waals surface area contributed by atoms with Gasteiger partial charge in [-0.25, -0.2) is 0 Å². The molecule has 1 unspecified atom stereocenters.